The Labute approximate surface area is 142 Å². The zero-order valence-corrected chi connectivity index (χ0v) is 14.1. The summed E-state index contributed by atoms with van der Waals surface area (Å²) in [6.07, 6.45) is -3.86. The SMILES string of the molecule is Cc1cccc2ccn([C@@H]3O[C@H](COP(=O)(O)O)[C@H](O)[C@H]3O)c(=O)c12. The molecular formula is C15H18NO8P. The van der Waals surface area contributed by atoms with E-state index in [4.69, 9.17) is 14.5 Å². The summed E-state index contributed by atoms with van der Waals surface area (Å²) in [7, 11) is -4.75. The number of aromatic nitrogens is 1. The largest absolute Gasteiger partial charge is 0.469 e. The highest BCUT2D eigenvalue weighted by molar-refractivity contribution is 7.46. The van der Waals surface area contributed by atoms with Crippen LogP contribution in [-0.4, -0.2) is 49.5 Å². The zero-order chi connectivity index (χ0) is 18.4. The number of phosphoric acid groups is 1. The zero-order valence-electron chi connectivity index (χ0n) is 13.2. The molecule has 4 N–H and O–H groups in total. The number of hydrogen-bond donors (Lipinski definition) is 4. The fourth-order valence-corrected chi connectivity index (χ4v) is 3.29. The second-order valence-electron chi connectivity index (χ2n) is 5.90. The molecule has 1 aliphatic heterocycles. The fraction of sp³-hybridized carbons (Fsp3) is 0.400. The van der Waals surface area contributed by atoms with Crippen LogP contribution in [0.15, 0.2) is 35.3 Å². The summed E-state index contributed by atoms with van der Waals surface area (Å²) in [5.74, 6) is 0. The van der Waals surface area contributed by atoms with Crippen LogP contribution in [0.2, 0.25) is 0 Å². The maximum atomic E-state index is 12.7. The highest BCUT2D eigenvalue weighted by atomic mass is 31.2. The van der Waals surface area contributed by atoms with Crippen LogP contribution >= 0.6 is 7.82 Å². The Morgan fingerprint density at radius 2 is 1.96 bits per heavy atom. The second kappa shape index (κ2) is 6.62. The first-order chi connectivity index (χ1) is 11.7. The molecule has 0 aliphatic carbocycles. The molecule has 0 spiro atoms. The molecule has 1 aromatic carbocycles. The van der Waals surface area contributed by atoms with Crippen molar-refractivity contribution in [3.63, 3.8) is 0 Å². The molecule has 25 heavy (non-hydrogen) atoms. The lowest BCUT2D eigenvalue weighted by Crippen LogP contribution is -2.35. The van der Waals surface area contributed by atoms with Crippen molar-refractivity contribution >= 4 is 18.6 Å². The number of ether oxygens (including phenoxy) is 1. The highest BCUT2D eigenvalue weighted by Gasteiger charge is 2.44. The number of phosphoric ester groups is 1. The average Bonchev–Trinajstić information content (AvgIpc) is 2.81. The molecule has 0 amide bonds. The predicted octanol–water partition coefficient (Wildman–Crippen LogP) is 0.0384. The number of rotatable bonds is 4. The van der Waals surface area contributed by atoms with Gasteiger partial charge in [0.25, 0.3) is 5.56 Å². The van der Waals surface area contributed by atoms with Gasteiger partial charge in [-0.2, -0.15) is 0 Å². The molecule has 136 valence electrons. The van der Waals surface area contributed by atoms with Gasteiger partial charge in [-0.05, 0) is 23.9 Å². The van der Waals surface area contributed by atoms with Crippen LogP contribution in [0.4, 0.5) is 0 Å². The normalized spacial score (nSPS) is 27.1. The van der Waals surface area contributed by atoms with E-state index in [2.05, 4.69) is 4.52 Å². The van der Waals surface area contributed by atoms with E-state index in [1.54, 1.807) is 25.1 Å². The minimum absolute atomic E-state index is 0.400. The van der Waals surface area contributed by atoms with E-state index in [9.17, 15) is 19.6 Å². The van der Waals surface area contributed by atoms with Gasteiger partial charge in [-0.3, -0.25) is 13.9 Å². The Morgan fingerprint density at radius 1 is 1.24 bits per heavy atom. The van der Waals surface area contributed by atoms with E-state index in [0.717, 1.165) is 15.5 Å². The van der Waals surface area contributed by atoms with Gasteiger partial charge in [-0.25, -0.2) is 4.57 Å². The van der Waals surface area contributed by atoms with Gasteiger partial charge in [0.1, 0.15) is 18.3 Å². The van der Waals surface area contributed by atoms with Gasteiger partial charge in [-0.1, -0.05) is 18.2 Å². The van der Waals surface area contributed by atoms with E-state index in [-0.39, 0.29) is 0 Å². The molecule has 0 saturated carbocycles. The molecule has 3 rings (SSSR count). The lowest BCUT2D eigenvalue weighted by molar-refractivity contribution is -0.0534. The number of nitrogens with zero attached hydrogens (tertiary/aromatic N) is 1. The average molecular weight is 371 g/mol. The van der Waals surface area contributed by atoms with Crippen molar-refractivity contribution in [3.05, 3.63) is 46.4 Å². The van der Waals surface area contributed by atoms with E-state index in [1.807, 2.05) is 6.07 Å². The summed E-state index contributed by atoms with van der Waals surface area (Å²) in [5, 5.41) is 21.4. The molecule has 10 heteroatoms. The monoisotopic (exact) mass is 371 g/mol. The van der Waals surface area contributed by atoms with Crippen LogP contribution < -0.4 is 5.56 Å². The number of aryl methyl sites for hydroxylation is 1. The summed E-state index contributed by atoms with van der Waals surface area (Å²) in [6, 6.07) is 7.07. The summed E-state index contributed by atoms with van der Waals surface area (Å²) >= 11 is 0. The lowest BCUT2D eigenvalue weighted by atomic mass is 10.1. The molecule has 9 nitrogen and oxygen atoms in total. The van der Waals surface area contributed by atoms with Gasteiger partial charge in [0, 0.05) is 6.20 Å². The van der Waals surface area contributed by atoms with Crippen LogP contribution in [0.5, 0.6) is 0 Å². The lowest BCUT2D eigenvalue weighted by Gasteiger charge is -2.18. The molecule has 1 aromatic heterocycles. The van der Waals surface area contributed by atoms with Gasteiger partial charge >= 0.3 is 7.82 Å². The number of benzene rings is 1. The van der Waals surface area contributed by atoms with E-state index >= 15 is 0 Å². The van der Waals surface area contributed by atoms with Crippen molar-refractivity contribution in [3.8, 4) is 0 Å². The Bertz CT molecular complexity index is 891. The molecule has 2 heterocycles. The molecule has 0 radical (unpaired) electrons. The highest BCUT2D eigenvalue weighted by Crippen LogP contribution is 2.38. The topological polar surface area (TPSA) is 138 Å². The first-order valence-electron chi connectivity index (χ1n) is 7.51. The van der Waals surface area contributed by atoms with Gasteiger partial charge in [0.15, 0.2) is 6.23 Å². The summed E-state index contributed by atoms with van der Waals surface area (Å²) < 4.78 is 21.7. The first-order valence-corrected chi connectivity index (χ1v) is 9.04. The van der Waals surface area contributed by atoms with Crippen LogP contribution in [0.1, 0.15) is 11.8 Å². The van der Waals surface area contributed by atoms with Crippen molar-refractivity contribution in [1.82, 2.24) is 4.57 Å². The Kier molecular flexibility index (Phi) is 4.82. The maximum Gasteiger partial charge on any atom is 0.469 e. The third-order valence-electron chi connectivity index (χ3n) is 4.19. The minimum atomic E-state index is -4.75. The van der Waals surface area contributed by atoms with Crippen molar-refractivity contribution in [2.75, 3.05) is 6.61 Å². The number of aliphatic hydroxyl groups excluding tert-OH is 2. The predicted molar refractivity (Wildman–Crippen MR) is 86.9 cm³/mol. The Hall–Kier alpha value is -1.58. The van der Waals surface area contributed by atoms with Crippen LogP contribution in [-0.2, 0) is 13.8 Å². The maximum absolute atomic E-state index is 12.7. The molecule has 1 fully saturated rings. The van der Waals surface area contributed by atoms with E-state index in [1.165, 1.54) is 6.20 Å². The van der Waals surface area contributed by atoms with Gasteiger partial charge in [-0.15, -0.1) is 0 Å². The molecule has 1 aliphatic rings. The van der Waals surface area contributed by atoms with Crippen molar-refractivity contribution in [2.45, 2.75) is 31.5 Å². The minimum Gasteiger partial charge on any atom is -0.387 e. The van der Waals surface area contributed by atoms with Crippen LogP contribution in [0.3, 0.4) is 0 Å². The summed E-state index contributed by atoms with van der Waals surface area (Å²) in [6.45, 7) is 1.16. The third kappa shape index (κ3) is 3.54. The van der Waals surface area contributed by atoms with Gasteiger partial charge < -0.3 is 24.7 Å². The number of hydrogen-bond acceptors (Lipinski definition) is 6. The van der Waals surface area contributed by atoms with Crippen molar-refractivity contribution in [1.29, 1.82) is 0 Å². The Morgan fingerprint density at radius 3 is 2.64 bits per heavy atom. The number of pyridine rings is 1. The molecule has 2 aromatic rings. The van der Waals surface area contributed by atoms with Gasteiger partial charge in [0.2, 0.25) is 0 Å². The number of aliphatic hydroxyl groups is 2. The molecule has 1 saturated heterocycles. The van der Waals surface area contributed by atoms with Crippen LogP contribution in [0.25, 0.3) is 10.8 Å². The summed E-state index contributed by atoms with van der Waals surface area (Å²) in [5.41, 5.74) is 0.356. The third-order valence-corrected chi connectivity index (χ3v) is 4.67. The fourth-order valence-electron chi connectivity index (χ4n) is 2.95. The van der Waals surface area contributed by atoms with Gasteiger partial charge in [0.05, 0.1) is 12.0 Å². The van der Waals surface area contributed by atoms with Crippen LogP contribution in [0, 0.1) is 6.92 Å². The second-order valence-corrected chi connectivity index (χ2v) is 7.14. The molecule has 0 unspecified atom stereocenters. The first kappa shape index (κ1) is 18.2. The van der Waals surface area contributed by atoms with Crippen molar-refractivity contribution in [2.24, 2.45) is 0 Å². The van der Waals surface area contributed by atoms with Crippen molar-refractivity contribution < 1.29 is 33.8 Å². The quantitative estimate of drug-likeness (QED) is 0.553. The molecular weight excluding hydrogens is 353 g/mol. The molecule has 0 bridgehead atoms. The smallest absolute Gasteiger partial charge is 0.387 e. The summed E-state index contributed by atoms with van der Waals surface area (Å²) in [4.78, 5) is 30.2. The Balaban J connectivity index is 1.93. The van der Waals surface area contributed by atoms with E-state index in [0.29, 0.717) is 5.39 Å². The molecule has 4 atom stereocenters. The van der Waals surface area contributed by atoms with E-state index < -0.39 is 44.5 Å². The number of fused-ring (bicyclic) bond motifs is 1. The standard InChI is InChI=1S/C15H18NO8P/c1-8-3-2-4-9-5-6-16(14(19)11(8)9)15-13(18)12(17)10(24-15)7-23-25(20,21)22/h2-6,10,12-13,15,17-18H,7H2,1H3,(H2,20,21,22)/t10-,12+,13-,15-/m1/s1.